The molecule has 0 aromatic carbocycles. The van der Waals surface area contributed by atoms with E-state index in [1.54, 1.807) is 4.90 Å². The van der Waals surface area contributed by atoms with Crippen molar-refractivity contribution in [1.82, 2.24) is 19.6 Å². The molecule has 1 saturated carbocycles. The first kappa shape index (κ1) is 18.1. The summed E-state index contributed by atoms with van der Waals surface area (Å²) in [6.07, 6.45) is 5.04. The van der Waals surface area contributed by atoms with Gasteiger partial charge in [-0.05, 0) is 31.6 Å². The molecule has 2 aliphatic rings. The van der Waals surface area contributed by atoms with Crippen molar-refractivity contribution in [2.75, 3.05) is 26.2 Å². The minimum atomic E-state index is -2.93. The summed E-state index contributed by atoms with van der Waals surface area (Å²) in [5.41, 5.74) is 0.151. The van der Waals surface area contributed by atoms with Crippen molar-refractivity contribution in [2.24, 2.45) is 13.0 Å². The van der Waals surface area contributed by atoms with Crippen molar-refractivity contribution in [3.63, 3.8) is 0 Å². The van der Waals surface area contributed by atoms with Crippen LogP contribution in [-0.2, 0) is 7.05 Å². The SMILES string of the molecule is CC1CCC(N2CCN(C(=O)c3cc(OC(F)F)n(C)n3)CC2)CC1. The number of amides is 1. The Morgan fingerprint density at radius 2 is 1.84 bits per heavy atom. The van der Waals surface area contributed by atoms with Gasteiger partial charge in [-0.15, -0.1) is 0 Å². The second kappa shape index (κ2) is 7.68. The van der Waals surface area contributed by atoms with E-state index in [-0.39, 0.29) is 17.5 Å². The van der Waals surface area contributed by atoms with Gasteiger partial charge >= 0.3 is 6.61 Å². The number of carbonyl (C=O) groups excluding carboxylic acids is 1. The molecule has 3 rings (SSSR count). The van der Waals surface area contributed by atoms with Gasteiger partial charge in [0.1, 0.15) is 0 Å². The van der Waals surface area contributed by atoms with Gasteiger partial charge in [-0.1, -0.05) is 6.92 Å². The van der Waals surface area contributed by atoms with Gasteiger partial charge in [0.05, 0.1) is 0 Å². The van der Waals surface area contributed by atoms with Crippen LogP contribution in [0.3, 0.4) is 0 Å². The number of ether oxygens (including phenoxy) is 1. The summed E-state index contributed by atoms with van der Waals surface area (Å²) < 4.78 is 30.2. The van der Waals surface area contributed by atoms with Crippen molar-refractivity contribution in [3.8, 4) is 5.88 Å². The number of hydrogen-bond donors (Lipinski definition) is 0. The van der Waals surface area contributed by atoms with Gasteiger partial charge in [-0.25, -0.2) is 4.68 Å². The molecule has 2 fully saturated rings. The fourth-order valence-corrected chi connectivity index (χ4v) is 3.82. The predicted molar refractivity (Wildman–Crippen MR) is 88.7 cm³/mol. The molecule has 1 saturated heterocycles. The molecule has 140 valence electrons. The lowest BCUT2D eigenvalue weighted by Gasteiger charge is -2.41. The Hall–Kier alpha value is -1.70. The fraction of sp³-hybridized carbons (Fsp3) is 0.765. The summed E-state index contributed by atoms with van der Waals surface area (Å²) in [5, 5.41) is 4.01. The smallest absolute Gasteiger partial charge is 0.388 e. The van der Waals surface area contributed by atoms with E-state index in [4.69, 9.17) is 0 Å². The van der Waals surface area contributed by atoms with Gasteiger partial charge in [0.2, 0.25) is 5.88 Å². The van der Waals surface area contributed by atoms with E-state index in [9.17, 15) is 13.6 Å². The highest BCUT2D eigenvalue weighted by molar-refractivity contribution is 5.92. The quantitative estimate of drug-likeness (QED) is 0.831. The third kappa shape index (κ3) is 4.29. The predicted octanol–water partition coefficient (Wildman–Crippen LogP) is 2.36. The van der Waals surface area contributed by atoms with Gasteiger partial charge in [0.25, 0.3) is 5.91 Å². The maximum absolute atomic E-state index is 12.6. The first-order valence-electron chi connectivity index (χ1n) is 8.96. The van der Waals surface area contributed by atoms with Crippen LogP contribution in [0, 0.1) is 5.92 Å². The number of carbonyl (C=O) groups is 1. The van der Waals surface area contributed by atoms with Crippen LogP contribution in [0.5, 0.6) is 5.88 Å². The van der Waals surface area contributed by atoms with Crippen molar-refractivity contribution < 1.29 is 18.3 Å². The summed E-state index contributed by atoms with van der Waals surface area (Å²) in [6, 6.07) is 1.91. The number of hydrogen-bond acceptors (Lipinski definition) is 4. The Labute approximate surface area is 146 Å². The maximum atomic E-state index is 12.6. The fourth-order valence-electron chi connectivity index (χ4n) is 3.82. The van der Waals surface area contributed by atoms with Crippen LogP contribution in [0.2, 0.25) is 0 Å². The number of aromatic nitrogens is 2. The molecule has 0 radical (unpaired) electrons. The van der Waals surface area contributed by atoms with E-state index in [1.807, 2.05) is 0 Å². The Morgan fingerprint density at radius 3 is 2.44 bits per heavy atom. The summed E-state index contributed by atoms with van der Waals surface area (Å²) in [5.74, 6) is 0.498. The lowest BCUT2D eigenvalue weighted by Crippen LogP contribution is -2.52. The summed E-state index contributed by atoms with van der Waals surface area (Å²) >= 11 is 0. The van der Waals surface area contributed by atoms with E-state index in [1.165, 1.54) is 43.5 Å². The molecule has 1 amide bonds. The van der Waals surface area contributed by atoms with Crippen LogP contribution in [-0.4, -0.2) is 64.3 Å². The lowest BCUT2D eigenvalue weighted by atomic mass is 9.86. The zero-order valence-electron chi connectivity index (χ0n) is 14.8. The minimum Gasteiger partial charge on any atom is -0.417 e. The van der Waals surface area contributed by atoms with Crippen LogP contribution in [0.25, 0.3) is 0 Å². The average Bonchev–Trinajstić information content (AvgIpc) is 2.95. The van der Waals surface area contributed by atoms with Crippen LogP contribution in [0.15, 0.2) is 6.07 Å². The summed E-state index contributed by atoms with van der Waals surface area (Å²) in [6.45, 7) is 2.39. The molecular formula is C17H26F2N4O2. The molecule has 1 aliphatic carbocycles. The van der Waals surface area contributed by atoms with E-state index in [0.29, 0.717) is 19.1 Å². The lowest BCUT2D eigenvalue weighted by molar-refractivity contribution is -0.0553. The maximum Gasteiger partial charge on any atom is 0.388 e. The van der Waals surface area contributed by atoms with Crippen LogP contribution < -0.4 is 4.74 Å². The second-order valence-corrected chi connectivity index (χ2v) is 7.11. The van der Waals surface area contributed by atoms with Crippen molar-refractivity contribution in [3.05, 3.63) is 11.8 Å². The van der Waals surface area contributed by atoms with E-state index >= 15 is 0 Å². The molecule has 6 nitrogen and oxygen atoms in total. The molecule has 2 heterocycles. The number of nitrogens with zero attached hydrogens (tertiary/aromatic N) is 4. The van der Waals surface area contributed by atoms with Gasteiger partial charge in [-0.2, -0.15) is 13.9 Å². The molecule has 25 heavy (non-hydrogen) atoms. The molecule has 1 aromatic heterocycles. The highest BCUT2D eigenvalue weighted by atomic mass is 19.3. The molecule has 0 N–H and O–H groups in total. The number of halogens is 2. The van der Waals surface area contributed by atoms with Gasteiger partial charge in [0, 0.05) is 45.3 Å². The van der Waals surface area contributed by atoms with E-state index in [2.05, 4.69) is 21.7 Å². The molecule has 1 aliphatic heterocycles. The Morgan fingerprint density at radius 1 is 1.20 bits per heavy atom. The number of aryl methyl sites for hydroxylation is 1. The number of rotatable bonds is 4. The highest BCUT2D eigenvalue weighted by Crippen LogP contribution is 2.28. The highest BCUT2D eigenvalue weighted by Gasteiger charge is 2.30. The zero-order chi connectivity index (χ0) is 18.0. The second-order valence-electron chi connectivity index (χ2n) is 7.11. The normalized spacial score (nSPS) is 25.4. The molecule has 0 unspecified atom stereocenters. The largest absolute Gasteiger partial charge is 0.417 e. The Bertz CT molecular complexity index is 591. The molecule has 0 atom stereocenters. The van der Waals surface area contributed by atoms with Crippen LogP contribution in [0.1, 0.15) is 43.1 Å². The molecule has 8 heteroatoms. The first-order valence-corrected chi connectivity index (χ1v) is 8.96. The third-order valence-corrected chi connectivity index (χ3v) is 5.37. The monoisotopic (exact) mass is 356 g/mol. The molecule has 0 spiro atoms. The minimum absolute atomic E-state index is 0.103. The number of alkyl halides is 2. The van der Waals surface area contributed by atoms with Gasteiger partial charge in [0.15, 0.2) is 5.69 Å². The van der Waals surface area contributed by atoms with Crippen molar-refractivity contribution in [2.45, 2.75) is 45.3 Å². The molecular weight excluding hydrogens is 330 g/mol. The van der Waals surface area contributed by atoms with Crippen LogP contribution in [0.4, 0.5) is 8.78 Å². The zero-order valence-corrected chi connectivity index (χ0v) is 14.8. The Kier molecular flexibility index (Phi) is 5.56. The summed E-state index contributed by atoms with van der Waals surface area (Å²) in [7, 11) is 1.48. The average molecular weight is 356 g/mol. The van der Waals surface area contributed by atoms with Gasteiger partial charge in [-0.3, -0.25) is 9.69 Å². The summed E-state index contributed by atoms with van der Waals surface area (Å²) in [4.78, 5) is 16.8. The van der Waals surface area contributed by atoms with E-state index < -0.39 is 6.61 Å². The van der Waals surface area contributed by atoms with Crippen molar-refractivity contribution >= 4 is 5.91 Å². The van der Waals surface area contributed by atoms with Crippen molar-refractivity contribution in [1.29, 1.82) is 0 Å². The standard InChI is InChI=1S/C17H26F2N4O2/c1-12-3-5-13(6-4-12)22-7-9-23(10-8-22)16(24)14-11-15(21(2)20-14)25-17(18)19/h11-13,17H,3-10H2,1-2H3. The molecule has 1 aromatic rings. The molecule has 0 bridgehead atoms. The van der Waals surface area contributed by atoms with E-state index in [0.717, 1.165) is 19.0 Å². The Balaban J connectivity index is 1.55. The number of piperazine rings is 1. The topological polar surface area (TPSA) is 50.6 Å². The van der Waals surface area contributed by atoms with Crippen LogP contribution >= 0.6 is 0 Å². The third-order valence-electron chi connectivity index (χ3n) is 5.37. The first-order chi connectivity index (χ1) is 11.9. The van der Waals surface area contributed by atoms with Gasteiger partial charge < -0.3 is 9.64 Å².